The Morgan fingerprint density at radius 1 is 0.889 bits per heavy atom. The van der Waals surface area contributed by atoms with E-state index in [-0.39, 0.29) is 31.9 Å². The third-order valence-electron chi connectivity index (χ3n) is 1.34. The predicted molar refractivity (Wildman–Crippen MR) is 40.7 cm³/mol. The van der Waals surface area contributed by atoms with E-state index in [1.807, 2.05) is 0 Å². The second-order valence-electron chi connectivity index (χ2n) is 1.62. The summed E-state index contributed by atoms with van der Waals surface area (Å²) in [5.41, 5.74) is 0. The van der Waals surface area contributed by atoms with Gasteiger partial charge in [0.1, 0.15) is 0 Å². The van der Waals surface area contributed by atoms with Crippen LogP contribution in [0, 0.1) is 0 Å². The zero-order valence-corrected chi connectivity index (χ0v) is 10.5. The van der Waals surface area contributed by atoms with Crippen LogP contribution in [0.15, 0.2) is 0 Å². The van der Waals surface area contributed by atoms with Crippen LogP contribution in [0.2, 0.25) is 0 Å². The molecule has 0 aromatic rings. The molecule has 9 heavy (non-hydrogen) atoms. The molecular formula is C6H16ClNZn. The summed E-state index contributed by atoms with van der Waals surface area (Å²) in [7, 11) is 0. The van der Waals surface area contributed by atoms with Crippen molar-refractivity contribution in [2.75, 3.05) is 19.6 Å². The van der Waals surface area contributed by atoms with E-state index in [0.717, 1.165) is 0 Å². The molecule has 0 saturated heterocycles. The summed E-state index contributed by atoms with van der Waals surface area (Å²) >= 11 is 0. The summed E-state index contributed by atoms with van der Waals surface area (Å²) < 4.78 is 0. The molecule has 0 bridgehead atoms. The van der Waals surface area contributed by atoms with Crippen LogP contribution < -0.4 is 0 Å². The summed E-state index contributed by atoms with van der Waals surface area (Å²) in [6, 6.07) is 0. The van der Waals surface area contributed by atoms with Gasteiger partial charge in [0.15, 0.2) is 0 Å². The van der Waals surface area contributed by atoms with Gasteiger partial charge in [0.2, 0.25) is 0 Å². The molecule has 0 fully saturated rings. The van der Waals surface area contributed by atoms with Crippen molar-refractivity contribution in [3.8, 4) is 0 Å². The molecule has 0 saturated carbocycles. The Hall–Kier alpha value is 0.873. The molecule has 0 heterocycles. The Labute approximate surface area is 77.4 Å². The molecule has 1 nitrogen and oxygen atoms in total. The molecule has 3 heteroatoms. The van der Waals surface area contributed by atoms with Gasteiger partial charge in [-0.25, -0.2) is 0 Å². The summed E-state index contributed by atoms with van der Waals surface area (Å²) in [5.74, 6) is 0. The molecule has 0 atom stereocenters. The Balaban J connectivity index is -0.000000180. The Bertz CT molecular complexity index is 34.5. The number of rotatable bonds is 3. The first kappa shape index (κ1) is 16.5. The van der Waals surface area contributed by atoms with Crippen LogP contribution >= 0.6 is 12.4 Å². The monoisotopic (exact) mass is 201 g/mol. The second kappa shape index (κ2) is 11.6. The summed E-state index contributed by atoms with van der Waals surface area (Å²) in [6.45, 7) is 10.1. The zero-order chi connectivity index (χ0) is 5.70. The van der Waals surface area contributed by atoms with Crippen LogP contribution in [0.1, 0.15) is 20.8 Å². The van der Waals surface area contributed by atoms with Crippen molar-refractivity contribution >= 4 is 12.4 Å². The quantitative estimate of drug-likeness (QED) is 0.631. The normalized spacial score (nSPS) is 8.00. The van der Waals surface area contributed by atoms with E-state index >= 15 is 0 Å². The first-order chi connectivity index (χ1) is 3.35. The molecule has 0 spiro atoms. The van der Waals surface area contributed by atoms with Gasteiger partial charge in [-0.15, -0.1) is 12.4 Å². The average molecular weight is 203 g/mol. The van der Waals surface area contributed by atoms with Crippen molar-refractivity contribution < 1.29 is 19.5 Å². The number of nitrogens with zero attached hydrogens (tertiary/aromatic N) is 1. The molecule has 0 aliphatic rings. The standard InChI is InChI=1S/C6H15N.ClH.Zn/c1-4-7(5-2)6-3;;/h4-6H2,1-3H3;1H;. The molecule has 0 aromatic carbocycles. The van der Waals surface area contributed by atoms with Crippen molar-refractivity contribution in [2.45, 2.75) is 20.8 Å². The van der Waals surface area contributed by atoms with Crippen LogP contribution in [0.5, 0.6) is 0 Å². The van der Waals surface area contributed by atoms with Gasteiger partial charge in [0.05, 0.1) is 0 Å². The van der Waals surface area contributed by atoms with Crippen molar-refractivity contribution in [1.29, 1.82) is 0 Å². The first-order valence-corrected chi connectivity index (χ1v) is 3.07. The smallest absolute Gasteiger partial charge is 0 e. The third kappa shape index (κ3) is 8.87. The van der Waals surface area contributed by atoms with Crippen LogP contribution in [-0.2, 0) is 19.5 Å². The Morgan fingerprint density at radius 3 is 1.11 bits per heavy atom. The van der Waals surface area contributed by atoms with Gasteiger partial charge in [-0.05, 0) is 19.6 Å². The van der Waals surface area contributed by atoms with E-state index in [1.165, 1.54) is 19.6 Å². The molecule has 0 N–H and O–H groups in total. The zero-order valence-electron chi connectivity index (χ0n) is 6.68. The molecule has 0 aliphatic carbocycles. The van der Waals surface area contributed by atoms with Gasteiger partial charge in [0.25, 0.3) is 0 Å². The molecular weight excluding hydrogens is 187 g/mol. The van der Waals surface area contributed by atoms with E-state index in [1.54, 1.807) is 0 Å². The van der Waals surface area contributed by atoms with Crippen molar-refractivity contribution in [3.05, 3.63) is 0 Å². The van der Waals surface area contributed by atoms with E-state index in [2.05, 4.69) is 25.7 Å². The van der Waals surface area contributed by atoms with Crippen LogP contribution in [-0.4, -0.2) is 24.5 Å². The van der Waals surface area contributed by atoms with Gasteiger partial charge >= 0.3 is 0 Å². The Kier molecular flexibility index (Phi) is 21.3. The largest absolute Gasteiger partial charge is 0.304 e. The minimum absolute atomic E-state index is 0. The number of hydrogen-bond acceptors (Lipinski definition) is 1. The molecule has 0 amide bonds. The molecule has 0 unspecified atom stereocenters. The maximum absolute atomic E-state index is 2.38. The SMILES string of the molecule is CCN(CC)CC.Cl.[Zn]. The van der Waals surface area contributed by atoms with Crippen molar-refractivity contribution in [2.24, 2.45) is 0 Å². The molecule has 54 valence electrons. The van der Waals surface area contributed by atoms with E-state index in [4.69, 9.17) is 0 Å². The van der Waals surface area contributed by atoms with Crippen LogP contribution in [0.25, 0.3) is 0 Å². The van der Waals surface area contributed by atoms with Crippen LogP contribution in [0.3, 0.4) is 0 Å². The minimum atomic E-state index is 0. The molecule has 0 rings (SSSR count). The van der Waals surface area contributed by atoms with E-state index < -0.39 is 0 Å². The minimum Gasteiger partial charge on any atom is -0.304 e. The van der Waals surface area contributed by atoms with E-state index in [0.29, 0.717) is 0 Å². The topological polar surface area (TPSA) is 3.24 Å². The fraction of sp³-hybridized carbons (Fsp3) is 1.00. The van der Waals surface area contributed by atoms with Gasteiger partial charge in [-0.1, -0.05) is 20.8 Å². The second-order valence-corrected chi connectivity index (χ2v) is 1.62. The Morgan fingerprint density at radius 2 is 1.11 bits per heavy atom. The number of halogens is 1. The predicted octanol–water partition coefficient (Wildman–Crippen LogP) is 1.77. The average Bonchev–Trinajstić information content (AvgIpc) is 1.72. The number of hydrogen-bond donors (Lipinski definition) is 0. The van der Waals surface area contributed by atoms with Crippen molar-refractivity contribution in [3.63, 3.8) is 0 Å². The summed E-state index contributed by atoms with van der Waals surface area (Å²) in [5, 5.41) is 0. The molecule has 0 radical (unpaired) electrons. The van der Waals surface area contributed by atoms with Crippen LogP contribution in [0.4, 0.5) is 0 Å². The van der Waals surface area contributed by atoms with Gasteiger partial charge in [-0.3, -0.25) is 0 Å². The fourth-order valence-electron chi connectivity index (χ4n) is 0.671. The maximum atomic E-state index is 2.38. The first-order valence-electron chi connectivity index (χ1n) is 3.07. The van der Waals surface area contributed by atoms with Gasteiger partial charge in [-0.2, -0.15) is 0 Å². The molecule has 0 aromatic heterocycles. The summed E-state index contributed by atoms with van der Waals surface area (Å²) in [4.78, 5) is 2.38. The third-order valence-corrected chi connectivity index (χ3v) is 1.34. The maximum Gasteiger partial charge on any atom is 0 e. The van der Waals surface area contributed by atoms with Gasteiger partial charge in [0, 0.05) is 19.5 Å². The van der Waals surface area contributed by atoms with E-state index in [9.17, 15) is 0 Å². The van der Waals surface area contributed by atoms with Gasteiger partial charge < -0.3 is 4.90 Å². The van der Waals surface area contributed by atoms with Crippen molar-refractivity contribution in [1.82, 2.24) is 4.90 Å². The summed E-state index contributed by atoms with van der Waals surface area (Å²) in [6.07, 6.45) is 0. The fourth-order valence-corrected chi connectivity index (χ4v) is 0.671. The molecule has 0 aliphatic heterocycles.